The molecule has 7 nitrogen and oxygen atoms in total. The summed E-state index contributed by atoms with van der Waals surface area (Å²) in [5, 5.41) is 3.62. The Morgan fingerprint density at radius 2 is 1.68 bits per heavy atom. The average Bonchev–Trinajstić information content (AvgIpc) is 3.58. The minimum absolute atomic E-state index is 0.135. The van der Waals surface area contributed by atoms with Crippen molar-refractivity contribution in [2.24, 2.45) is 0 Å². The number of furan rings is 1. The highest BCUT2D eigenvalue weighted by molar-refractivity contribution is 14.2. The van der Waals surface area contributed by atoms with Crippen molar-refractivity contribution >= 4 is 64.2 Å². The molecule has 2 heterocycles. The molecule has 206 valence electrons. The fourth-order valence-corrected chi connectivity index (χ4v) is 6.48. The number of hydrogen-bond acceptors (Lipinski definition) is 6. The predicted molar refractivity (Wildman–Crippen MR) is 163 cm³/mol. The number of rotatable bonds is 6. The molecule has 0 unspecified atom stereocenters. The van der Waals surface area contributed by atoms with E-state index in [2.05, 4.69) is 10.3 Å². The zero-order chi connectivity index (χ0) is 28.8. The van der Waals surface area contributed by atoms with Crippen molar-refractivity contribution < 1.29 is 24.1 Å². The lowest BCUT2D eigenvalue weighted by Gasteiger charge is -2.16. The molecule has 6 aromatic rings. The van der Waals surface area contributed by atoms with Crippen LogP contribution in [0, 0.1) is 11.6 Å². The largest absolute Gasteiger partial charge is 0.455 e. The first-order valence-corrected chi connectivity index (χ1v) is 15.8. The Morgan fingerprint density at radius 3 is 2.39 bits per heavy atom. The lowest BCUT2D eigenvalue weighted by atomic mass is 9.97. The van der Waals surface area contributed by atoms with Gasteiger partial charge in [-0.05, 0) is 60.7 Å². The second-order valence-electron chi connectivity index (χ2n) is 9.12. The van der Waals surface area contributed by atoms with E-state index in [1.54, 1.807) is 18.2 Å². The normalized spacial score (nSPS) is 11.4. The zero-order valence-corrected chi connectivity index (χ0v) is 24.5. The molecule has 0 fully saturated rings. The molecule has 0 bridgehead atoms. The molecule has 0 radical (unpaired) electrons. The number of para-hydroxylation sites is 1. The molecule has 11 heteroatoms. The number of thiazole rings is 1. The molecule has 2 aromatic heterocycles. The van der Waals surface area contributed by atoms with Crippen LogP contribution in [0.25, 0.3) is 54.2 Å². The van der Waals surface area contributed by atoms with Gasteiger partial charge < -0.3 is 9.73 Å². The number of benzene rings is 4. The predicted octanol–water partition coefficient (Wildman–Crippen LogP) is 8.23. The van der Waals surface area contributed by atoms with Crippen LogP contribution in [0.5, 0.6) is 0 Å². The number of carbonyl (C=O) groups is 1. The van der Waals surface area contributed by atoms with Crippen LogP contribution in [0.2, 0.25) is 0 Å². The molecule has 0 spiro atoms. The highest BCUT2D eigenvalue weighted by atomic mass is 127. The summed E-state index contributed by atoms with van der Waals surface area (Å²) in [5.41, 5.74) is 2.87. The van der Waals surface area contributed by atoms with E-state index in [1.807, 2.05) is 24.3 Å². The lowest BCUT2D eigenvalue weighted by Crippen LogP contribution is -2.18. The van der Waals surface area contributed by atoms with Crippen LogP contribution < -0.4 is 8.43 Å². The molecule has 0 atom stereocenters. The van der Waals surface area contributed by atoms with E-state index in [9.17, 15) is 15.3 Å². The first-order chi connectivity index (χ1) is 19.7. The quantitative estimate of drug-likeness (QED) is 0.141. The molecule has 1 N–H and O–H groups in total. The van der Waals surface area contributed by atoms with Crippen molar-refractivity contribution in [3.63, 3.8) is 0 Å². The van der Waals surface area contributed by atoms with Gasteiger partial charge in [-0.3, -0.25) is 7.91 Å². The van der Waals surface area contributed by atoms with E-state index in [-0.39, 0.29) is 33.7 Å². The third kappa shape index (κ3) is 4.84. The molecule has 6 rings (SSSR count). The highest BCUT2D eigenvalue weighted by Crippen LogP contribution is 2.44. The Balaban J connectivity index is 1.62. The number of carbonyl (C=O) groups excluding carboxylic acids is 1. The van der Waals surface area contributed by atoms with Gasteiger partial charge in [0.05, 0.1) is 21.5 Å². The van der Waals surface area contributed by atoms with Crippen molar-refractivity contribution in [1.29, 1.82) is 0 Å². The van der Waals surface area contributed by atoms with Crippen LogP contribution in [0.3, 0.4) is 0 Å². The summed E-state index contributed by atoms with van der Waals surface area (Å²) in [5.74, 6) is -1.33. The number of amides is 1. The highest BCUT2D eigenvalue weighted by Gasteiger charge is 2.26. The fourth-order valence-electron chi connectivity index (χ4n) is 4.69. The standard InChI is InChI=1S/C30H20F2IN3O4S/c1-34-29(37)27-21-14-20(19-13-17(9-12-22(19)32)30-35-23-5-3-4-6-26(23)41-30)24(36(2)33(38)39)15-25(21)40-28(27)16-7-10-18(31)11-8-16/h3-15H,1-2H3,(H,34,37). The van der Waals surface area contributed by atoms with E-state index < -0.39 is 37.6 Å². The Bertz CT molecular complexity index is 2010. The molecular formula is C30H20F2IN3O4S. The number of fused-ring (bicyclic) bond motifs is 2. The van der Waals surface area contributed by atoms with Crippen molar-refractivity contribution in [3.8, 4) is 33.0 Å². The Hall–Kier alpha value is -4.23. The van der Waals surface area contributed by atoms with E-state index in [1.165, 1.54) is 61.8 Å². The molecule has 1 amide bonds. The van der Waals surface area contributed by atoms with Gasteiger partial charge >= 0.3 is 20.1 Å². The van der Waals surface area contributed by atoms with Crippen molar-refractivity contribution in [1.82, 2.24) is 10.3 Å². The van der Waals surface area contributed by atoms with Gasteiger partial charge in [0, 0.05) is 47.8 Å². The maximum atomic E-state index is 15.5. The summed E-state index contributed by atoms with van der Waals surface area (Å²) < 4.78 is 61.7. The minimum atomic E-state index is -4.08. The van der Waals surface area contributed by atoms with Gasteiger partial charge in [-0.2, -0.15) is 0 Å². The number of aromatic nitrogens is 1. The van der Waals surface area contributed by atoms with E-state index in [0.717, 1.165) is 13.3 Å². The topological polar surface area (TPSA) is 92.5 Å². The van der Waals surface area contributed by atoms with Crippen molar-refractivity contribution in [2.45, 2.75) is 0 Å². The third-order valence-electron chi connectivity index (χ3n) is 6.70. The fraction of sp³-hybridized carbons (Fsp3) is 0.0667. The minimum Gasteiger partial charge on any atom is -0.455 e. The first kappa shape index (κ1) is 27.0. The molecule has 0 aliphatic rings. The summed E-state index contributed by atoms with van der Waals surface area (Å²) in [4.78, 5) is 17.8. The molecule has 4 aromatic carbocycles. The smallest absolute Gasteiger partial charge is 0.420 e. The van der Waals surface area contributed by atoms with Gasteiger partial charge in [-0.1, -0.05) is 12.1 Å². The molecule has 0 saturated heterocycles. The summed E-state index contributed by atoms with van der Waals surface area (Å²) >= 11 is -2.62. The summed E-state index contributed by atoms with van der Waals surface area (Å²) in [7, 11) is 2.85. The molecule has 0 aliphatic carbocycles. The molecule has 41 heavy (non-hydrogen) atoms. The maximum Gasteiger partial charge on any atom is 0.420 e. The van der Waals surface area contributed by atoms with Gasteiger partial charge in [-0.15, -0.1) is 11.3 Å². The Morgan fingerprint density at radius 1 is 0.951 bits per heavy atom. The monoisotopic (exact) mass is 683 g/mol. The van der Waals surface area contributed by atoms with Gasteiger partial charge in [0.2, 0.25) is 0 Å². The molecule has 0 aliphatic heterocycles. The van der Waals surface area contributed by atoms with E-state index >= 15 is 4.39 Å². The third-order valence-corrected chi connectivity index (χ3v) is 9.49. The van der Waals surface area contributed by atoms with Gasteiger partial charge in [-0.25, -0.2) is 19.9 Å². The molecule has 0 saturated carbocycles. The van der Waals surface area contributed by atoms with Crippen LogP contribution >= 0.6 is 31.4 Å². The van der Waals surface area contributed by atoms with E-state index in [0.29, 0.717) is 21.5 Å². The van der Waals surface area contributed by atoms with Gasteiger partial charge in [0.15, 0.2) is 0 Å². The second kappa shape index (κ2) is 10.6. The summed E-state index contributed by atoms with van der Waals surface area (Å²) in [6.07, 6.45) is 0. The number of nitrogens with zero attached hydrogens (tertiary/aromatic N) is 2. The van der Waals surface area contributed by atoms with Crippen LogP contribution in [-0.2, 0) is 6.14 Å². The Labute approximate surface area is 243 Å². The lowest BCUT2D eigenvalue weighted by molar-refractivity contribution is 0.0964. The Kier molecular flexibility index (Phi) is 6.99. The number of hydrogen-bond donors (Lipinski definition) is 1. The van der Waals surface area contributed by atoms with Crippen molar-refractivity contribution in [2.75, 3.05) is 17.2 Å². The van der Waals surface area contributed by atoms with Crippen LogP contribution in [0.1, 0.15) is 10.4 Å². The number of anilines is 1. The number of nitrogens with one attached hydrogen (secondary N) is 1. The van der Waals surface area contributed by atoms with E-state index in [4.69, 9.17) is 4.42 Å². The first-order valence-electron chi connectivity index (χ1n) is 12.3. The van der Waals surface area contributed by atoms with Crippen molar-refractivity contribution in [3.05, 3.63) is 96.1 Å². The van der Waals surface area contributed by atoms with Gasteiger partial charge in [0.25, 0.3) is 5.91 Å². The van der Waals surface area contributed by atoms with Gasteiger partial charge in [0.1, 0.15) is 28.0 Å². The molecular weight excluding hydrogens is 663 g/mol. The van der Waals surface area contributed by atoms with Crippen LogP contribution in [0.4, 0.5) is 14.5 Å². The van der Waals surface area contributed by atoms with Crippen LogP contribution in [-0.4, -0.2) is 25.0 Å². The van der Waals surface area contributed by atoms with Crippen LogP contribution in [0.15, 0.2) is 83.3 Å². The SMILES string of the molecule is CNC(=O)c1c(-c2ccc(F)cc2)oc2cc(N(C)I(=O)=O)c(-c3cc(-c4nc5ccccc5s4)ccc3F)cc12. The average molecular weight is 683 g/mol. The number of halogens is 3. The zero-order valence-electron chi connectivity index (χ0n) is 21.6. The maximum absolute atomic E-state index is 15.5. The summed E-state index contributed by atoms with van der Waals surface area (Å²) in [6.45, 7) is 0. The second-order valence-corrected chi connectivity index (χ2v) is 12.7. The summed E-state index contributed by atoms with van der Waals surface area (Å²) in [6, 6.07) is 20.7.